The number of halogens is 1. The molecule has 0 spiro atoms. The summed E-state index contributed by atoms with van der Waals surface area (Å²) >= 11 is 6.08. The Kier molecular flexibility index (Phi) is 2.95. The maximum absolute atomic E-state index is 10.8. The minimum Gasteiger partial charge on any atom is -0.506 e. The van der Waals surface area contributed by atoms with Crippen molar-refractivity contribution in [2.45, 2.75) is 6.04 Å². The van der Waals surface area contributed by atoms with Gasteiger partial charge in [-0.1, -0.05) is 29.8 Å². The van der Waals surface area contributed by atoms with E-state index in [4.69, 9.17) is 16.3 Å². The van der Waals surface area contributed by atoms with Crippen LogP contribution < -0.4 is 15.2 Å². The van der Waals surface area contributed by atoms with Crippen molar-refractivity contribution < 1.29 is 9.84 Å². The second kappa shape index (κ2) is 5.08. The number of benzene rings is 2. The normalized spacial score (nSPS) is 18.5. The van der Waals surface area contributed by atoms with Gasteiger partial charge in [0.1, 0.15) is 11.8 Å². The van der Waals surface area contributed by atoms with Crippen LogP contribution in [0.3, 0.4) is 0 Å². The van der Waals surface area contributed by atoms with Crippen LogP contribution in [-0.2, 0) is 0 Å². The molecule has 0 fully saturated rings. The maximum atomic E-state index is 10.8. The Morgan fingerprint density at radius 2 is 2.00 bits per heavy atom. The van der Waals surface area contributed by atoms with Crippen molar-refractivity contribution >= 4 is 34.2 Å². The first-order valence-electron chi connectivity index (χ1n) is 7.79. The van der Waals surface area contributed by atoms with Gasteiger partial charge in [0.05, 0.1) is 11.0 Å². The molecular formula is C18H13ClN4O2. The molecule has 0 amide bonds. The minimum absolute atomic E-state index is 0.0833. The van der Waals surface area contributed by atoms with Crippen molar-refractivity contribution in [2.75, 3.05) is 12.1 Å². The summed E-state index contributed by atoms with van der Waals surface area (Å²) in [6.45, 7) is 0. The summed E-state index contributed by atoms with van der Waals surface area (Å²) in [6.07, 6.45) is 0. The summed E-state index contributed by atoms with van der Waals surface area (Å²) in [7, 11) is 1.84. The Labute approximate surface area is 148 Å². The van der Waals surface area contributed by atoms with Crippen LogP contribution in [0.1, 0.15) is 17.3 Å². The number of nitrogens with zero attached hydrogens (tertiary/aromatic N) is 3. The lowest BCUT2D eigenvalue weighted by Gasteiger charge is -2.27. The zero-order valence-electron chi connectivity index (χ0n) is 13.2. The molecule has 25 heavy (non-hydrogen) atoms. The van der Waals surface area contributed by atoms with Crippen LogP contribution in [0.2, 0.25) is 5.02 Å². The number of aliphatic hydroxyl groups excluding tert-OH is 1. The van der Waals surface area contributed by atoms with Gasteiger partial charge in [0.15, 0.2) is 23.0 Å². The van der Waals surface area contributed by atoms with Gasteiger partial charge in [-0.3, -0.25) is 5.01 Å². The molecule has 1 aromatic heterocycles. The van der Waals surface area contributed by atoms with Crippen molar-refractivity contribution in [1.29, 1.82) is 0 Å². The number of ether oxygens (including phenoxy) is 1. The standard InChI is InChI=1S/C18H13ClN4O2/c1-23-18-15(20-12-8-9(19)6-7-11(12)21-18)17-16(24)14(22-23)10-4-2-3-5-13(10)25-17/h2-8,14,22,24H,1H3. The van der Waals surface area contributed by atoms with Crippen molar-refractivity contribution in [3.8, 4) is 5.75 Å². The molecule has 2 N–H and O–H groups in total. The Balaban J connectivity index is 1.79. The quantitative estimate of drug-likeness (QED) is 0.644. The van der Waals surface area contributed by atoms with Gasteiger partial charge in [-0.25, -0.2) is 15.4 Å². The maximum Gasteiger partial charge on any atom is 0.196 e. The molecule has 124 valence electrons. The highest BCUT2D eigenvalue weighted by Gasteiger charge is 2.37. The molecule has 6 nitrogen and oxygen atoms in total. The molecule has 7 heteroatoms. The largest absolute Gasteiger partial charge is 0.506 e. The molecule has 0 saturated heterocycles. The highest BCUT2D eigenvalue weighted by Crippen LogP contribution is 2.43. The summed E-state index contributed by atoms with van der Waals surface area (Å²) in [5.74, 6) is 1.65. The van der Waals surface area contributed by atoms with E-state index in [1.165, 1.54) is 0 Å². The summed E-state index contributed by atoms with van der Waals surface area (Å²) in [5, 5.41) is 13.1. The van der Waals surface area contributed by atoms with E-state index in [9.17, 15) is 5.11 Å². The summed E-state index contributed by atoms with van der Waals surface area (Å²) in [4.78, 5) is 9.33. The highest BCUT2D eigenvalue weighted by atomic mass is 35.5. The van der Waals surface area contributed by atoms with Crippen LogP contribution in [0, 0.1) is 0 Å². The van der Waals surface area contributed by atoms with E-state index < -0.39 is 6.04 Å². The monoisotopic (exact) mass is 352 g/mol. The first-order chi connectivity index (χ1) is 12.1. The Morgan fingerprint density at radius 1 is 1.16 bits per heavy atom. The van der Waals surface area contributed by atoms with Crippen molar-refractivity contribution in [3.63, 3.8) is 0 Å². The molecule has 0 saturated carbocycles. The first-order valence-corrected chi connectivity index (χ1v) is 8.17. The van der Waals surface area contributed by atoms with Gasteiger partial charge < -0.3 is 9.84 Å². The van der Waals surface area contributed by atoms with Crippen LogP contribution in [0.25, 0.3) is 16.8 Å². The summed E-state index contributed by atoms with van der Waals surface area (Å²) in [5.41, 5.74) is 5.95. The lowest BCUT2D eigenvalue weighted by Crippen LogP contribution is -2.38. The third kappa shape index (κ3) is 2.08. The van der Waals surface area contributed by atoms with Gasteiger partial charge in [0.2, 0.25) is 0 Å². The third-order valence-corrected chi connectivity index (χ3v) is 4.65. The van der Waals surface area contributed by atoms with E-state index >= 15 is 0 Å². The number of aliphatic hydroxyl groups is 1. The zero-order chi connectivity index (χ0) is 17.1. The Morgan fingerprint density at radius 3 is 2.88 bits per heavy atom. The molecule has 2 aliphatic rings. The average Bonchev–Trinajstić information content (AvgIpc) is 2.68. The number of rotatable bonds is 0. The van der Waals surface area contributed by atoms with E-state index in [0.29, 0.717) is 39.1 Å². The van der Waals surface area contributed by atoms with E-state index in [0.717, 1.165) is 5.56 Å². The minimum atomic E-state index is -0.423. The average molecular weight is 353 g/mol. The van der Waals surface area contributed by atoms with Gasteiger partial charge in [0, 0.05) is 17.6 Å². The number of fused-ring (bicyclic) bond motifs is 6. The topological polar surface area (TPSA) is 70.5 Å². The molecule has 0 radical (unpaired) electrons. The fraction of sp³-hybridized carbons (Fsp3) is 0.111. The van der Waals surface area contributed by atoms with Crippen LogP contribution in [-0.4, -0.2) is 22.1 Å². The predicted octanol–water partition coefficient (Wildman–Crippen LogP) is 3.60. The molecule has 2 aliphatic heterocycles. The zero-order valence-corrected chi connectivity index (χ0v) is 13.9. The SMILES string of the molecule is CN1NC2C(O)=C(Oc3ccccc32)c2nc3cc(Cl)ccc3nc21. The second-order valence-electron chi connectivity index (χ2n) is 6.00. The highest BCUT2D eigenvalue weighted by molar-refractivity contribution is 6.31. The van der Waals surface area contributed by atoms with Crippen molar-refractivity contribution in [1.82, 2.24) is 15.4 Å². The fourth-order valence-electron chi connectivity index (χ4n) is 3.21. The lowest BCUT2D eigenvalue weighted by molar-refractivity contribution is 0.309. The van der Waals surface area contributed by atoms with E-state index in [2.05, 4.69) is 15.4 Å². The van der Waals surface area contributed by atoms with Crippen LogP contribution >= 0.6 is 11.6 Å². The first kappa shape index (κ1) is 14.5. The van der Waals surface area contributed by atoms with Gasteiger partial charge in [-0.05, 0) is 24.3 Å². The third-order valence-electron chi connectivity index (χ3n) is 4.41. The van der Waals surface area contributed by atoms with Crippen LogP contribution in [0.4, 0.5) is 5.82 Å². The molecular weight excluding hydrogens is 340 g/mol. The number of nitrogens with one attached hydrogen (secondary N) is 1. The second-order valence-corrected chi connectivity index (χ2v) is 6.44. The van der Waals surface area contributed by atoms with Crippen LogP contribution in [0.15, 0.2) is 48.2 Å². The smallest absolute Gasteiger partial charge is 0.196 e. The van der Waals surface area contributed by atoms with Gasteiger partial charge in [0.25, 0.3) is 0 Å². The van der Waals surface area contributed by atoms with Crippen molar-refractivity contribution in [2.24, 2.45) is 0 Å². The number of hydrogen-bond acceptors (Lipinski definition) is 6. The molecule has 2 bridgehead atoms. The predicted molar refractivity (Wildman–Crippen MR) is 95.4 cm³/mol. The summed E-state index contributed by atoms with van der Waals surface area (Å²) in [6, 6.07) is 12.5. The summed E-state index contributed by atoms with van der Waals surface area (Å²) < 4.78 is 5.98. The molecule has 3 heterocycles. The van der Waals surface area contributed by atoms with Gasteiger partial charge in [-0.2, -0.15) is 0 Å². The molecule has 1 atom stereocenters. The number of aromatic nitrogens is 2. The molecule has 3 aromatic rings. The number of hydrazine groups is 1. The molecule has 2 aromatic carbocycles. The lowest BCUT2D eigenvalue weighted by atomic mass is 10.0. The molecule has 5 rings (SSSR count). The molecule has 0 aliphatic carbocycles. The van der Waals surface area contributed by atoms with Crippen molar-refractivity contribution in [3.05, 3.63) is 64.5 Å². The van der Waals surface area contributed by atoms with Gasteiger partial charge in [-0.15, -0.1) is 0 Å². The van der Waals surface area contributed by atoms with E-state index in [1.54, 1.807) is 17.1 Å². The Bertz CT molecular complexity index is 1070. The van der Waals surface area contributed by atoms with E-state index in [-0.39, 0.29) is 5.76 Å². The number of anilines is 1. The van der Waals surface area contributed by atoms with E-state index in [1.807, 2.05) is 37.4 Å². The fourth-order valence-corrected chi connectivity index (χ4v) is 3.38. The van der Waals surface area contributed by atoms with Crippen LogP contribution in [0.5, 0.6) is 5.75 Å². The number of para-hydroxylation sites is 1. The van der Waals surface area contributed by atoms with Gasteiger partial charge >= 0.3 is 0 Å². The number of hydrogen-bond donors (Lipinski definition) is 2. The molecule has 1 unspecified atom stereocenters. The Hall–Kier alpha value is -2.83.